The van der Waals surface area contributed by atoms with Crippen molar-refractivity contribution in [3.63, 3.8) is 0 Å². The maximum Gasteiger partial charge on any atom is 0.157 e. The minimum absolute atomic E-state index is 0.268. The van der Waals surface area contributed by atoms with Crippen LogP contribution < -0.4 is 19.3 Å². The third-order valence-electron chi connectivity index (χ3n) is 10.8. The predicted molar refractivity (Wildman–Crippen MR) is 218 cm³/mol. The van der Waals surface area contributed by atoms with Crippen LogP contribution in [0.1, 0.15) is 0 Å². The lowest BCUT2D eigenvalue weighted by atomic mass is 10.1. The summed E-state index contributed by atoms with van der Waals surface area (Å²) in [5.74, 6) is 2.63. The Hall–Kier alpha value is -7.51. The average Bonchev–Trinajstić information content (AvgIpc) is 3.76. The van der Waals surface area contributed by atoms with Gasteiger partial charge in [0.05, 0.1) is 28.1 Å². The molecule has 0 fully saturated rings. The number of para-hydroxylation sites is 6. The van der Waals surface area contributed by atoms with Crippen LogP contribution in [-0.2, 0) is 0 Å². The minimum Gasteiger partial charge on any atom is -0.456 e. The van der Waals surface area contributed by atoms with Gasteiger partial charge >= 0.3 is 0 Å². The summed E-state index contributed by atoms with van der Waals surface area (Å²) in [5.41, 5.74) is 10.0. The predicted octanol–water partition coefficient (Wildman–Crippen LogP) is 14.0. The number of aromatic nitrogens is 1. The van der Waals surface area contributed by atoms with Gasteiger partial charge in [-0.1, -0.05) is 60.7 Å². The standard InChI is InChI=1S/C48H28FN3O3/c49-29-17-19-30(20-18-29)51-38-11-3-1-9-34(38)37-25-31(22-24-39(37)51)50(32-21-23-36-35-10-2-6-14-42(35)53-45(36)26-32)33-27-46-48-47(28-33)55-44-16-8-5-13-41(44)52(48)40-12-4-7-15-43(40)54-46/h1-28H. The topological polar surface area (TPSA) is 43.0 Å². The zero-order valence-corrected chi connectivity index (χ0v) is 29.1. The van der Waals surface area contributed by atoms with E-state index in [0.717, 1.165) is 95.1 Å². The van der Waals surface area contributed by atoms with E-state index in [1.165, 1.54) is 12.1 Å². The molecule has 0 bridgehead atoms. The molecule has 8 aromatic carbocycles. The highest BCUT2D eigenvalue weighted by Gasteiger charge is 2.35. The van der Waals surface area contributed by atoms with E-state index in [9.17, 15) is 4.39 Å². The van der Waals surface area contributed by atoms with Crippen molar-refractivity contribution in [1.82, 2.24) is 4.57 Å². The van der Waals surface area contributed by atoms with Crippen molar-refractivity contribution in [2.75, 3.05) is 9.80 Å². The van der Waals surface area contributed by atoms with E-state index >= 15 is 0 Å². The minimum atomic E-state index is -0.268. The van der Waals surface area contributed by atoms with Crippen LogP contribution in [0.4, 0.5) is 38.5 Å². The fraction of sp³-hybridized carbons (Fsp3) is 0. The monoisotopic (exact) mass is 713 g/mol. The SMILES string of the molecule is Fc1ccc(-n2c3ccccc3c3cc(N(c4cc5c6c(c4)Oc4ccccc4N6c4ccccc4O5)c4ccc5c(c4)oc4ccccc45)ccc32)cc1. The smallest absolute Gasteiger partial charge is 0.157 e. The Morgan fingerprint density at radius 3 is 1.80 bits per heavy atom. The number of ether oxygens (including phenoxy) is 2. The number of hydrogen-bond donors (Lipinski definition) is 0. The van der Waals surface area contributed by atoms with Gasteiger partial charge in [0, 0.05) is 56.8 Å². The first-order chi connectivity index (χ1) is 27.2. The zero-order chi connectivity index (χ0) is 36.2. The van der Waals surface area contributed by atoms with Crippen LogP contribution in [0.5, 0.6) is 23.0 Å². The van der Waals surface area contributed by atoms with Crippen molar-refractivity contribution in [2.24, 2.45) is 0 Å². The van der Waals surface area contributed by atoms with Gasteiger partial charge in [0.15, 0.2) is 23.0 Å². The lowest BCUT2D eigenvalue weighted by Crippen LogP contribution is -2.21. The lowest BCUT2D eigenvalue weighted by molar-refractivity contribution is 0.446. The Balaban J connectivity index is 1.11. The summed E-state index contributed by atoms with van der Waals surface area (Å²) in [6.45, 7) is 0. The number of hydrogen-bond acceptors (Lipinski definition) is 5. The number of rotatable bonds is 4. The molecule has 0 N–H and O–H groups in total. The number of anilines is 6. The van der Waals surface area contributed by atoms with Crippen LogP contribution in [0, 0.1) is 5.82 Å². The molecule has 0 atom stereocenters. The molecule has 7 heteroatoms. The van der Waals surface area contributed by atoms with Gasteiger partial charge in [0.1, 0.15) is 22.7 Å². The molecule has 2 aliphatic heterocycles. The fourth-order valence-electron chi connectivity index (χ4n) is 8.41. The van der Waals surface area contributed by atoms with Crippen LogP contribution in [0.15, 0.2) is 174 Å². The number of halogens is 1. The van der Waals surface area contributed by atoms with Gasteiger partial charge < -0.3 is 23.4 Å². The molecule has 0 saturated heterocycles. The molecule has 6 nitrogen and oxygen atoms in total. The first-order valence-electron chi connectivity index (χ1n) is 18.2. The normalized spacial score (nSPS) is 12.7. The van der Waals surface area contributed by atoms with Crippen molar-refractivity contribution < 1.29 is 18.3 Å². The van der Waals surface area contributed by atoms with Gasteiger partial charge in [-0.25, -0.2) is 4.39 Å². The van der Waals surface area contributed by atoms with E-state index in [4.69, 9.17) is 13.9 Å². The second-order valence-corrected chi connectivity index (χ2v) is 13.9. The van der Waals surface area contributed by atoms with Gasteiger partial charge in [0.2, 0.25) is 0 Å². The van der Waals surface area contributed by atoms with Crippen LogP contribution >= 0.6 is 0 Å². The second kappa shape index (κ2) is 11.2. The Kier molecular flexibility index (Phi) is 6.13. The van der Waals surface area contributed by atoms with E-state index in [0.29, 0.717) is 11.5 Å². The zero-order valence-electron chi connectivity index (χ0n) is 29.1. The maximum absolute atomic E-state index is 14.1. The molecule has 0 amide bonds. The third kappa shape index (κ3) is 4.41. The maximum atomic E-state index is 14.1. The number of nitrogens with zero attached hydrogens (tertiary/aromatic N) is 3. The Bertz CT molecular complexity index is 3130. The second-order valence-electron chi connectivity index (χ2n) is 13.9. The van der Waals surface area contributed by atoms with Crippen molar-refractivity contribution in [1.29, 1.82) is 0 Å². The van der Waals surface area contributed by atoms with Crippen molar-refractivity contribution in [2.45, 2.75) is 0 Å². The first kappa shape index (κ1) is 30.0. The van der Waals surface area contributed by atoms with Crippen LogP contribution in [0.2, 0.25) is 0 Å². The molecule has 260 valence electrons. The quantitative estimate of drug-likeness (QED) is 0.182. The van der Waals surface area contributed by atoms with Crippen molar-refractivity contribution in [3.8, 4) is 28.7 Å². The van der Waals surface area contributed by atoms with E-state index in [2.05, 4.69) is 99.3 Å². The Morgan fingerprint density at radius 1 is 0.436 bits per heavy atom. The molecule has 0 spiro atoms. The number of fused-ring (bicyclic) bond motifs is 10. The molecule has 0 aliphatic carbocycles. The highest BCUT2D eigenvalue weighted by Crippen LogP contribution is 2.61. The molecule has 0 radical (unpaired) electrons. The molecule has 2 aliphatic rings. The highest BCUT2D eigenvalue weighted by molar-refractivity contribution is 6.11. The summed E-state index contributed by atoms with van der Waals surface area (Å²) in [6.07, 6.45) is 0. The first-order valence-corrected chi connectivity index (χ1v) is 18.2. The third-order valence-corrected chi connectivity index (χ3v) is 10.8. The van der Waals surface area contributed by atoms with Gasteiger partial charge in [-0.05, 0) is 91.0 Å². The van der Waals surface area contributed by atoms with Crippen molar-refractivity contribution in [3.05, 3.63) is 176 Å². The summed E-state index contributed by atoms with van der Waals surface area (Å²) < 4.78 is 36.1. The molecular formula is C48H28FN3O3. The fourth-order valence-corrected chi connectivity index (χ4v) is 8.41. The van der Waals surface area contributed by atoms with Crippen LogP contribution in [0.3, 0.4) is 0 Å². The molecule has 0 saturated carbocycles. The molecule has 4 heterocycles. The Labute approximate surface area is 314 Å². The molecule has 2 aromatic heterocycles. The average molecular weight is 714 g/mol. The number of furan rings is 1. The summed E-state index contributed by atoms with van der Waals surface area (Å²) in [7, 11) is 0. The summed E-state index contributed by atoms with van der Waals surface area (Å²) >= 11 is 0. The van der Waals surface area contributed by atoms with E-state index < -0.39 is 0 Å². The number of benzene rings is 8. The molecule has 12 rings (SSSR count). The largest absolute Gasteiger partial charge is 0.456 e. The molecule has 55 heavy (non-hydrogen) atoms. The summed E-state index contributed by atoms with van der Waals surface area (Å²) in [6, 6.07) is 56.4. The highest BCUT2D eigenvalue weighted by atomic mass is 19.1. The summed E-state index contributed by atoms with van der Waals surface area (Å²) in [5, 5.41) is 4.27. The van der Waals surface area contributed by atoms with Crippen molar-refractivity contribution >= 4 is 77.9 Å². The van der Waals surface area contributed by atoms with Crippen LogP contribution in [-0.4, -0.2) is 4.57 Å². The van der Waals surface area contributed by atoms with E-state index in [1.807, 2.05) is 72.8 Å². The van der Waals surface area contributed by atoms with E-state index in [-0.39, 0.29) is 5.82 Å². The molecule has 0 unspecified atom stereocenters. The molecule has 10 aromatic rings. The lowest BCUT2D eigenvalue weighted by Gasteiger charge is -2.38. The van der Waals surface area contributed by atoms with Gasteiger partial charge in [-0.3, -0.25) is 4.90 Å². The van der Waals surface area contributed by atoms with Gasteiger partial charge in [0.25, 0.3) is 0 Å². The Morgan fingerprint density at radius 2 is 1.04 bits per heavy atom. The summed E-state index contributed by atoms with van der Waals surface area (Å²) in [4.78, 5) is 4.46. The van der Waals surface area contributed by atoms with E-state index in [1.54, 1.807) is 0 Å². The van der Waals surface area contributed by atoms with Gasteiger partial charge in [-0.15, -0.1) is 0 Å². The van der Waals surface area contributed by atoms with Crippen LogP contribution in [0.25, 0.3) is 49.4 Å². The van der Waals surface area contributed by atoms with Gasteiger partial charge in [-0.2, -0.15) is 0 Å². The molecular weight excluding hydrogens is 686 g/mol.